The zero-order chi connectivity index (χ0) is 19.5. The van der Waals surface area contributed by atoms with E-state index in [1.54, 1.807) is 0 Å². The Hall–Kier alpha value is -1.98. The van der Waals surface area contributed by atoms with Crippen LogP contribution in [-0.2, 0) is 5.75 Å². The Kier molecular flexibility index (Phi) is 5.93. The zero-order valence-corrected chi connectivity index (χ0v) is 17.6. The number of halogens is 3. The van der Waals surface area contributed by atoms with E-state index in [-0.39, 0.29) is 0 Å². The quantitative estimate of drug-likeness (QED) is 0.304. The van der Waals surface area contributed by atoms with E-state index in [0.717, 1.165) is 27.8 Å². The summed E-state index contributed by atoms with van der Waals surface area (Å²) >= 11 is 20.2. The smallest absolute Gasteiger partial charge is 0.196 e. The fourth-order valence-electron chi connectivity index (χ4n) is 2.77. The van der Waals surface area contributed by atoms with Gasteiger partial charge in [-0.25, -0.2) is 0 Å². The van der Waals surface area contributed by atoms with Crippen molar-refractivity contribution in [2.45, 2.75) is 10.9 Å². The Morgan fingerprint density at radius 3 is 2.11 bits per heavy atom. The van der Waals surface area contributed by atoms with Crippen LogP contribution < -0.4 is 0 Å². The standard InChI is InChI=1S/C21H14Cl3N3S/c22-15-9-11-16(12-10-15)27-20(14-5-2-1-3-6-14)25-26-21(27)28-13-17-18(23)7-4-8-19(17)24/h1-12H,13H2. The van der Waals surface area contributed by atoms with Gasteiger partial charge in [-0.2, -0.15) is 0 Å². The van der Waals surface area contributed by atoms with Crippen molar-refractivity contribution in [3.63, 3.8) is 0 Å². The Morgan fingerprint density at radius 2 is 1.43 bits per heavy atom. The molecule has 0 fully saturated rings. The average molecular weight is 447 g/mol. The molecule has 4 rings (SSSR count). The Bertz CT molecular complexity index is 1080. The van der Waals surface area contributed by atoms with Gasteiger partial charge in [0.25, 0.3) is 0 Å². The summed E-state index contributed by atoms with van der Waals surface area (Å²) in [4.78, 5) is 0. The summed E-state index contributed by atoms with van der Waals surface area (Å²) in [6.45, 7) is 0. The van der Waals surface area contributed by atoms with Gasteiger partial charge in [0.05, 0.1) is 0 Å². The van der Waals surface area contributed by atoms with Crippen LogP contribution in [0.5, 0.6) is 0 Å². The lowest BCUT2D eigenvalue weighted by Gasteiger charge is -2.11. The van der Waals surface area contributed by atoms with E-state index in [0.29, 0.717) is 20.8 Å². The third kappa shape index (κ3) is 4.06. The molecular formula is C21H14Cl3N3S. The van der Waals surface area contributed by atoms with Crippen LogP contribution in [0.15, 0.2) is 78.0 Å². The summed E-state index contributed by atoms with van der Waals surface area (Å²) in [5, 5.41) is 11.6. The summed E-state index contributed by atoms with van der Waals surface area (Å²) in [7, 11) is 0. The molecule has 0 saturated heterocycles. The summed E-state index contributed by atoms with van der Waals surface area (Å²) < 4.78 is 2.01. The number of hydrogen-bond donors (Lipinski definition) is 0. The topological polar surface area (TPSA) is 30.7 Å². The predicted molar refractivity (Wildman–Crippen MR) is 118 cm³/mol. The lowest BCUT2D eigenvalue weighted by Crippen LogP contribution is -2.00. The molecule has 140 valence electrons. The number of hydrogen-bond acceptors (Lipinski definition) is 3. The third-order valence-corrected chi connectivity index (χ3v) is 6.07. The van der Waals surface area contributed by atoms with Gasteiger partial charge in [0.2, 0.25) is 0 Å². The van der Waals surface area contributed by atoms with Gasteiger partial charge in [0, 0.05) is 32.1 Å². The fraction of sp³-hybridized carbons (Fsp3) is 0.0476. The molecule has 0 radical (unpaired) electrons. The maximum Gasteiger partial charge on any atom is 0.196 e. The predicted octanol–water partition coefficient (Wildman–Crippen LogP) is 7.19. The molecule has 0 atom stereocenters. The molecule has 0 aliphatic heterocycles. The van der Waals surface area contributed by atoms with Crippen LogP contribution in [-0.4, -0.2) is 14.8 Å². The molecule has 1 aromatic heterocycles. The summed E-state index contributed by atoms with van der Waals surface area (Å²) in [5.41, 5.74) is 2.79. The molecular weight excluding hydrogens is 433 g/mol. The maximum atomic E-state index is 6.32. The first-order chi connectivity index (χ1) is 13.6. The van der Waals surface area contributed by atoms with Crippen LogP contribution in [0.3, 0.4) is 0 Å². The molecule has 4 aromatic rings. The fourth-order valence-corrected chi connectivity index (χ4v) is 4.59. The van der Waals surface area contributed by atoms with Crippen LogP contribution in [0.1, 0.15) is 5.56 Å². The average Bonchev–Trinajstić information content (AvgIpc) is 3.13. The number of thioether (sulfide) groups is 1. The number of nitrogens with zero attached hydrogens (tertiary/aromatic N) is 3. The first kappa shape index (κ1) is 19.3. The van der Waals surface area contributed by atoms with E-state index in [1.165, 1.54) is 11.8 Å². The van der Waals surface area contributed by atoms with E-state index in [2.05, 4.69) is 10.2 Å². The second kappa shape index (κ2) is 8.58. The molecule has 28 heavy (non-hydrogen) atoms. The van der Waals surface area contributed by atoms with Crippen LogP contribution in [0.25, 0.3) is 17.1 Å². The van der Waals surface area contributed by atoms with Crippen molar-refractivity contribution >= 4 is 46.6 Å². The monoisotopic (exact) mass is 445 g/mol. The highest BCUT2D eigenvalue weighted by Crippen LogP contribution is 2.34. The van der Waals surface area contributed by atoms with Crippen molar-refractivity contribution in [2.24, 2.45) is 0 Å². The minimum atomic E-state index is 0.582. The molecule has 0 spiro atoms. The molecule has 0 amide bonds. The summed E-state index contributed by atoms with van der Waals surface area (Å²) in [6, 6.07) is 23.1. The van der Waals surface area contributed by atoms with E-state index < -0.39 is 0 Å². The molecule has 0 bridgehead atoms. The van der Waals surface area contributed by atoms with E-state index in [9.17, 15) is 0 Å². The second-order valence-corrected chi connectivity index (χ2v) is 8.17. The highest BCUT2D eigenvalue weighted by atomic mass is 35.5. The molecule has 0 aliphatic carbocycles. The third-order valence-electron chi connectivity index (χ3n) is 4.16. The van der Waals surface area contributed by atoms with Gasteiger partial charge >= 0.3 is 0 Å². The van der Waals surface area contributed by atoms with Gasteiger partial charge in [-0.05, 0) is 42.0 Å². The minimum absolute atomic E-state index is 0.582. The molecule has 0 N–H and O–H groups in total. The number of rotatable bonds is 5. The molecule has 7 heteroatoms. The van der Waals surface area contributed by atoms with Crippen molar-refractivity contribution in [1.29, 1.82) is 0 Å². The molecule has 1 heterocycles. The normalized spacial score (nSPS) is 11.0. The van der Waals surface area contributed by atoms with Crippen LogP contribution >= 0.6 is 46.6 Å². The van der Waals surface area contributed by atoms with Crippen molar-refractivity contribution in [2.75, 3.05) is 0 Å². The Labute approximate surface area is 182 Å². The molecule has 0 unspecified atom stereocenters. The molecule has 3 nitrogen and oxygen atoms in total. The van der Waals surface area contributed by atoms with E-state index in [1.807, 2.05) is 77.4 Å². The van der Waals surface area contributed by atoms with Crippen molar-refractivity contribution in [1.82, 2.24) is 14.8 Å². The first-order valence-electron chi connectivity index (χ1n) is 8.46. The van der Waals surface area contributed by atoms with E-state index in [4.69, 9.17) is 34.8 Å². The van der Waals surface area contributed by atoms with Gasteiger partial charge in [0.15, 0.2) is 11.0 Å². The lowest BCUT2D eigenvalue weighted by molar-refractivity contribution is 0.886. The van der Waals surface area contributed by atoms with Crippen molar-refractivity contribution < 1.29 is 0 Å². The Balaban J connectivity index is 1.75. The van der Waals surface area contributed by atoms with Crippen molar-refractivity contribution in [3.05, 3.63) is 93.4 Å². The van der Waals surface area contributed by atoms with Gasteiger partial charge < -0.3 is 0 Å². The number of aromatic nitrogens is 3. The first-order valence-corrected chi connectivity index (χ1v) is 10.6. The zero-order valence-electron chi connectivity index (χ0n) is 14.5. The van der Waals surface area contributed by atoms with Gasteiger partial charge in [0.1, 0.15) is 0 Å². The molecule has 0 aliphatic rings. The summed E-state index contributed by atoms with van der Waals surface area (Å²) in [5.74, 6) is 1.34. The SMILES string of the molecule is Clc1ccc(-n2c(SCc3c(Cl)cccc3Cl)nnc2-c2ccccc2)cc1. The summed E-state index contributed by atoms with van der Waals surface area (Å²) in [6.07, 6.45) is 0. The molecule has 3 aromatic carbocycles. The van der Waals surface area contributed by atoms with Gasteiger partial charge in [-0.1, -0.05) is 83.0 Å². The highest BCUT2D eigenvalue weighted by molar-refractivity contribution is 7.98. The molecule has 0 saturated carbocycles. The highest BCUT2D eigenvalue weighted by Gasteiger charge is 2.17. The largest absolute Gasteiger partial charge is 0.270 e. The van der Waals surface area contributed by atoms with Gasteiger partial charge in [-0.15, -0.1) is 10.2 Å². The van der Waals surface area contributed by atoms with Gasteiger partial charge in [-0.3, -0.25) is 4.57 Å². The lowest BCUT2D eigenvalue weighted by atomic mass is 10.2. The van der Waals surface area contributed by atoms with Crippen LogP contribution in [0.2, 0.25) is 15.1 Å². The second-order valence-electron chi connectivity index (χ2n) is 5.97. The minimum Gasteiger partial charge on any atom is -0.270 e. The Morgan fingerprint density at radius 1 is 0.750 bits per heavy atom. The van der Waals surface area contributed by atoms with Crippen LogP contribution in [0.4, 0.5) is 0 Å². The van der Waals surface area contributed by atoms with Crippen molar-refractivity contribution in [3.8, 4) is 17.1 Å². The van der Waals surface area contributed by atoms with E-state index >= 15 is 0 Å². The maximum absolute atomic E-state index is 6.32. The number of benzene rings is 3. The van der Waals surface area contributed by atoms with Crippen LogP contribution in [0, 0.1) is 0 Å².